The van der Waals surface area contributed by atoms with E-state index in [9.17, 15) is 0 Å². The van der Waals surface area contributed by atoms with Gasteiger partial charge in [-0.2, -0.15) is 0 Å². The molecule has 3 heteroatoms. The average Bonchev–Trinajstić information content (AvgIpc) is 3.22. The van der Waals surface area contributed by atoms with Gasteiger partial charge in [-0.25, -0.2) is 0 Å². The van der Waals surface area contributed by atoms with Crippen molar-refractivity contribution in [2.24, 2.45) is 5.92 Å². The molecule has 1 aliphatic heterocycles. The molecule has 2 aromatic rings. The minimum Gasteiger partial charge on any atom is -0.505 e. The van der Waals surface area contributed by atoms with Crippen LogP contribution >= 0.6 is 0 Å². The van der Waals surface area contributed by atoms with Gasteiger partial charge in [0.15, 0.2) is 0 Å². The van der Waals surface area contributed by atoms with E-state index in [4.69, 9.17) is 9.47 Å². The van der Waals surface area contributed by atoms with E-state index in [-0.39, 0.29) is 0 Å². The Bertz CT molecular complexity index is 780. The summed E-state index contributed by atoms with van der Waals surface area (Å²) in [6, 6.07) is 20.0. The lowest BCUT2D eigenvalue weighted by Crippen LogP contribution is -2.43. The van der Waals surface area contributed by atoms with Crippen molar-refractivity contribution in [3.63, 3.8) is 0 Å². The Balaban J connectivity index is 1.37. The average molecular weight is 406 g/mol. The van der Waals surface area contributed by atoms with Crippen molar-refractivity contribution in [3.8, 4) is 11.1 Å². The molecule has 1 heterocycles. The molecule has 2 fully saturated rings. The highest BCUT2D eigenvalue weighted by Gasteiger charge is 2.39. The monoisotopic (exact) mass is 405 g/mol. The van der Waals surface area contributed by atoms with Crippen LogP contribution in [0.25, 0.3) is 11.1 Å². The number of piperidine rings is 1. The van der Waals surface area contributed by atoms with Gasteiger partial charge < -0.3 is 14.4 Å². The van der Waals surface area contributed by atoms with Crippen LogP contribution in [0, 0.1) is 5.92 Å². The molecule has 160 valence electrons. The largest absolute Gasteiger partial charge is 0.505 e. The predicted octanol–water partition coefficient (Wildman–Crippen LogP) is 6.05. The first-order valence-electron chi connectivity index (χ1n) is 11.5. The highest BCUT2D eigenvalue weighted by Crippen LogP contribution is 2.37. The highest BCUT2D eigenvalue weighted by molar-refractivity contribution is 5.63. The molecule has 2 aliphatic rings. The molecule has 0 N–H and O–H groups in total. The van der Waals surface area contributed by atoms with Gasteiger partial charge in [-0.15, -0.1) is 0 Å². The Kier molecular flexibility index (Phi) is 7.60. The summed E-state index contributed by atoms with van der Waals surface area (Å²) >= 11 is 0. The van der Waals surface area contributed by atoms with E-state index in [1.807, 2.05) is 6.26 Å². The number of hydrogen-bond acceptors (Lipinski definition) is 3. The number of rotatable bonds is 8. The number of nitrogens with zero attached hydrogens (tertiary/aromatic N) is 1. The maximum Gasteiger partial charge on any atom is 0.0784 e. The number of hydrogen-bond donors (Lipinski definition) is 0. The van der Waals surface area contributed by atoms with E-state index in [0.717, 1.165) is 12.8 Å². The van der Waals surface area contributed by atoms with Crippen molar-refractivity contribution in [1.82, 2.24) is 4.90 Å². The summed E-state index contributed by atoms with van der Waals surface area (Å²) in [6.07, 6.45) is 11.9. The van der Waals surface area contributed by atoms with E-state index in [2.05, 4.69) is 65.6 Å². The fourth-order valence-electron chi connectivity index (χ4n) is 5.17. The molecule has 1 saturated heterocycles. The zero-order valence-corrected chi connectivity index (χ0v) is 18.2. The summed E-state index contributed by atoms with van der Waals surface area (Å²) in [5.74, 6) is 0.554. The summed E-state index contributed by atoms with van der Waals surface area (Å²) in [4.78, 5) is 2.73. The fourth-order valence-corrected chi connectivity index (χ4v) is 5.17. The van der Waals surface area contributed by atoms with Crippen LogP contribution in [0.2, 0.25) is 0 Å². The van der Waals surface area contributed by atoms with Crippen molar-refractivity contribution in [3.05, 3.63) is 72.5 Å². The predicted molar refractivity (Wildman–Crippen MR) is 123 cm³/mol. The molecule has 0 bridgehead atoms. The first kappa shape index (κ1) is 21.1. The molecule has 1 saturated carbocycles. The van der Waals surface area contributed by atoms with Crippen molar-refractivity contribution in [1.29, 1.82) is 0 Å². The van der Waals surface area contributed by atoms with Crippen molar-refractivity contribution in [2.75, 3.05) is 20.2 Å². The van der Waals surface area contributed by atoms with E-state index in [1.54, 1.807) is 7.11 Å². The minimum atomic E-state index is 0.326. The summed E-state index contributed by atoms with van der Waals surface area (Å²) in [5.41, 5.74) is 3.77. The van der Waals surface area contributed by atoms with Crippen molar-refractivity contribution in [2.45, 2.75) is 57.3 Å². The van der Waals surface area contributed by atoms with Gasteiger partial charge in [-0.1, -0.05) is 61.0 Å². The maximum absolute atomic E-state index is 6.50. The molecule has 0 spiro atoms. The van der Waals surface area contributed by atoms with E-state index < -0.39 is 0 Å². The molecule has 2 aromatic carbocycles. The minimum absolute atomic E-state index is 0.326. The van der Waals surface area contributed by atoms with E-state index in [0.29, 0.717) is 24.7 Å². The van der Waals surface area contributed by atoms with Gasteiger partial charge in [0.25, 0.3) is 0 Å². The first-order valence-corrected chi connectivity index (χ1v) is 11.5. The van der Waals surface area contributed by atoms with Crippen molar-refractivity contribution < 1.29 is 9.47 Å². The Morgan fingerprint density at radius 1 is 0.900 bits per heavy atom. The lowest BCUT2D eigenvalue weighted by Gasteiger charge is -2.36. The van der Waals surface area contributed by atoms with Crippen LogP contribution in [0.5, 0.6) is 0 Å². The van der Waals surface area contributed by atoms with Gasteiger partial charge >= 0.3 is 0 Å². The molecule has 3 nitrogen and oxygen atoms in total. The molecule has 0 radical (unpaired) electrons. The topological polar surface area (TPSA) is 21.7 Å². The molecule has 30 heavy (non-hydrogen) atoms. The fraction of sp³-hybridized carbons (Fsp3) is 0.481. The number of methoxy groups -OCH3 is 1. The third kappa shape index (κ3) is 5.33. The second-order valence-electron chi connectivity index (χ2n) is 8.66. The Labute approximate surface area is 181 Å². The molecule has 0 aromatic heterocycles. The van der Waals surface area contributed by atoms with E-state index >= 15 is 0 Å². The maximum atomic E-state index is 6.50. The molecular formula is C27H35NO2. The summed E-state index contributed by atoms with van der Waals surface area (Å²) in [5, 5.41) is 0. The second kappa shape index (κ2) is 10.8. The second-order valence-corrected chi connectivity index (χ2v) is 8.66. The Hall–Kier alpha value is -2.10. The highest BCUT2D eigenvalue weighted by atomic mass is 16.5. The SMILES string of the molecule is COC=CC[C@H]1[C@H](N2CCCCC2)CC[C@H]1OCc1ccc(-c2ccccc2)cc1. The zero-order valence-electron chi connectivity index (χ0n) is 18.2. The van der Waals surface area contributed by atoms with Gasteiger partial charge in [0.1, 0.15) is 0 Å². The molecule has 1 aliphatic carbocycles. The molecule has 0 unspecified atom stereocenters. The van der Waals surface area contributed by atoms with E-state index in [1.165, 1.54) is 55.5 Å². The van der Waals surface area contributed by atoms with Crippen LogP contribution in [-0.4, -0.2) is 37.2 Å². The normalized spacial score (nSPS) is 25.0. The smallest absolute Gasteiger partial charge is 0.0784 e. The standard InChI is InChI=1S/C27H35NO2/c1-29-20-8-11-25-26(28-18-6-3-7-19-28)16-17-27(25)30-21-22-12-14-24(15-13-22)23-9-4-2-5-10-23/h2,4-5,8-10,12-15,20,25-27H,3,6-7,11,16-19,21H2,1H3/t25-,26+,27+/m0/s1. The number of ether oxygens (including phenoxy) is 2. The Morgan fingerprint density at radius 3 is 2.37 bits per heavy atom. The lowest BCUT2D eigenvalue weighted by molar-refractivity contribution is -0.000258. The van der Waals surface area contributed by atoms with Gasteiger partial charge in [-0.05, 0) is 68.0 Å². The third-order valence-electron chi connectivity index (χ3n) is 6.74. The van der Waals surface area contributed by atoms with Crippen molar-refractivity contribution >= 4 is 0 Å². The van der Waals surface area contributed by atoms with Gasteiger partial charge in [0, 0.05) is 12.0 Å². The first-order chi connectivity index (χ1) is 14.8. The van der Waals surface area contributed by atoms with Gasteiger partial charge in [-0.3, -0.25) is 0 Å². The lowest BCUT2D eigenvalue weighted by atomic mass is 9.94. The van der Waals surface area contributed by atoms with Crippen LogP contribution in [0.3, 0.4) is 0 Å². The number of likely N-dealkylation sites (tertiary alicyclic amines) is 1. The quantitative estimate of drug-likeness (QED) is 0.499. The summed E-state index contributed by atoms with van der Waals surface area (Å²) in [6.45, 7) is 3.20. The van der Waals surface area contributed by atoms with Crippen LogP contribution in [0.1, 0.15) is 44.1 Å². The number of allylic oxidation sites excluding steroid dienone is 1. The van der Waals surface area contributed by atoms with Gasteiger partial charge in [0.05, 0.1) is 26.1 Å². The summed E-state index contributed by atoms with van der Waals surface area (Å²) in [7, 11) is 1.72. The molecule has 4 rings (SSSR count). The third-order valence-corrected chi connectivity index (χ3v) is 6.74. The molecular weight excluding hydrogens is 370 g/mol. The Morgan fingerprint density at radius 2 is 1.63 bits per heavy atom. The van der Waals surface area contributed by atoms with Crippen LogP contribution in [-0.2, 0) is 16.1 Å². The summed E-state index contributed by atoms with van der Waals surface area (Å²) < 4.78 is 11.7. The van der Waals surface area contributed by atoms with Gasteiger partial charge in [0.2, 0.25) is 0 Å². The molecule has 3 atom stereocenters. The van der Waals surface area contributed by atoms with Crippen LogP contribution in [0.4, 0.5) is 0 Å². The van der Waals surface area contributed by atoms with Crippen LogP contribution in [0.15, 0.2) is 66.9 Å². The van der Waals surface area contributed by atoms with Crippen LogP contribution < -0.4 is 0 Å². The number of benzene rings is 2. The zero-order chi connectivity index (χ0) is 20.6. The molecule has 0 amide bonds.